The molecule has 2 heterocycles. The molecule has 0 unspecified atom stereocenters. The fourth-order valence-corrected chi connectivity index (χ4v) is 2.95. The van der Waals surface area contributed by atoms with Gasteiger partial charge in [-0.1, -0.05) is 24.3 Å². The van der Waals surface area contributed by atoms with E-state index in [1.54, 1.807) is 23.5 Å². The molecule has 0 fully saturated rings. The molecular weight excluding hydrogens is 332 g/mol. The van der Waals surface area contributed by atoms with Crippen LogP contribution < -0.4 is 5.32 Å². The van der Waals surface area contributed by atoms with Gasteiger partial charge in [0.05, 0.1) is 10.7 Å². The number of aryl methyl sites for hydroxylation is 1. The van der Waals surface area contributed by atoms with Crippen molar-refractivity contribution >= 4 is 28.8 Å². The second-order valence-electron chi connectivity index (χ2n) is 5.06. The van der Waals surface area contributed by atoms with Gasteiger partial charge in [-0.25, -0.2) is 4.98 Å². The maximum absolute atomic E-state index is 11.8. The van der Waals surface area contributed by atoms with Crippen LogP contribution in [0.25, 0.3) is 11.3 Å². The van der Waals surface area contributed by atoms with Gasteiger partial charge in [0, 0.05) is 17.5 Å². The fourth-order valence-electron chi connectivity index (χ4n) is 2.18. The highest BCUT2D eigenvalue weighted by Gasteiger charge is 2.09. The molecule has 1 amide bonds. The third-order valence-corrected chi connectivity index (χ3v) is 4.34. The summed E-state index contributed by atoms with van der Waals surface area (Å²) in [5.41, 5.74) is 3.26. The molecule has 3 rings (SSSR count). The van der Waals surface area contributed by atoms with E-state index in [2.05, 4.69) is 39.9 Å². The first-order valence-corrected chi connectivity index (χ1v) is 8.42. The first-order chi connectivity index (χ1) is 11.1. The van der Waals surface area contributed by atoms with E-state index >= 15 is 0 Å². The summed E-state index contributed by atoms with van der Waals surface area (Å²) >= 11 is 7.29. The van der Waals surface area contributed by atoms with Gasteiger partial charge >= 0.3 is 0 Å². The zero-order chi connectivity index (χ0) is 16.2. The molecule has 118 valence electrons. The maximum atomic E-state index is 11.8. The summed E-state index contributed by atoms with van der Waals surface area (Å²) < 4.78 is 5.06. The first kappa shape index (κ1) is 15.8. The van der Waals surface area contributed by atoms with Crippen LogP contribution in [-0.4, -0.2) is 17.4 Å². The SMILES string of the molecule is Cc1nc(-c2ccc(CCNC(=O)c3ccc(Cl)o3)cc2)cs1. The second-order valence-corrected chi connectivity index (χ2v) is 6.49. The minimum atomic E-state index is -0.258. The lowest BCUT2D eigenvalue weighted by Gasteiger charge is -2.04. The summed E-state index contributed by atoms with van der Waals surface area (Å²) in [6.07, 6.45) is 0.747. The van der Waals surface area contributed by atoms with Crippen molar-refractivity contribution in [1.82, 2.24) is 10.3 Å². The van der Waals surface area contributed by atoms with Crippen molar-refractivity contribution in [3.8, 4) is 11.3 Å². The van der Waals surface area contributed by atoms with Crippen molar-refractivity contribution in [3.63, 3.8) is 0 Å². The molecule has 2 aromatic heterocycles. The Morgan fingerprint density at radius 1 is 1.26 bits per heavy atom. The van der Waals surface area contributed by atoms with Gasteiger partial charge in [0.15, 0.2) is 11.0 Å². The average molecular weight is 347 g/mol. The predicted octanol–water partition coefficient (Wildman–Crippen LogP) is 4.34. The van der Waals surface area contributed by atoms with Crippen molar-refractivity contribution in [2.45, 2.75) is 13.3 Å². The summed E-state index contributed by atoms with van der Waals surface area (Å²) in [4.78, 5) is 16.3. The molecule has 0 aliphatic carbocycles. The Morgan fingerprint density at radius 2 is 2.04 bits per heavy atom. The number of thiazole rings is 1. The molecule has 1 aromatic carbocycles. The number of carbonyl (C=O) groups excluding carboxylic acids is 1. The topological polar surface area (TPSA) is 55.1 Å². The number of furan rings is 1. The number of hydrogen-bond acceptors (Lipinski definition) is 4. The van der Waals surface area contributed by atoms with Gasteiger partial charge < -0.3 is 9.73 Å². The molecule has 6 heteroatoms. The van der Waals surface area contributed by atoms with Gasteiger partial charge in [0.25, 0.3) is 5.91 Å². The number of nitrogens with zero attached hydrogens (tertiary/aromatic N) is 1. The Kier molecular flexibility index (Phi) is 4.79. The number of hydrogen-bond donors (Lipinski definition) is 1. The summed E-state index contributed by atoms with van der Waals surface area (Å²) in [6.45, 7) is 2.53. The van der Waals surface area contributed by atoms with Crippen LogP contribution in [0.4, 0.5) is 0 Å². The number of benzene rings is 1. The van der Waals surface area contributed by atoms with Crippen LogP contribution >= 0.6 is 22.9 Å². The molecule has 4 nitrogen and oxygen atoms in total. The fraction of sp³-hybridized carbons (Fsp3) is 0.176. The first-order valence-electron chi connectivity index (χ1n) is 7.17. The molecule has 3 aromatic rings. The van der Waals surface area contributed by atoms with E-state index in [9.17, 15) is 4.79 Å². The highest BCUT2D eigenvalue weighted by molar-refractivity contribution is 7.09. The summed E-state index contributed by atoms with van der Waals surface area (Å²) in [5, 5.41) is 6.13. The number of halogens is 1. The maximum Gasteiger partial charge on any atom is 0.287 e. The Balaban J connectivity index is 1.53. The molecule has 23 heavy (non-hydrogen) atoms. The van der Waals surface area contributed by atoms with E-state index in [0.29, 0.717) is 6.54 Å². The van der Waals surface area contributed by atoms with Gasteiger partial charge in [-0.2, -0.15) is 0 Å². The summed E-state index contributed by atoms with van der Waals surface area (Å²) in [5.74, 6) is -0.0317. The quantitative estimate of drug-likeness (QED) is 0.747. The molecule has 0 spiro atoms. The normalized spacial score (nSPS) is 10.7. The highest BCUT2D eigenvalue weighted by Crippen LogP contribution is 2.21. The lowest BCUT2D eigenvalue weighted by molar-refractivity contribution is 0.0926. The molecular formula is C17H15ClN2O2S. The minimum absolute atomic E-state index is 0.211. The van der Waals surface area contributed by atoms with Crippen LogP contribution in [0.3, 0.4) is 0 Å². The highest BCUT2D eigenvalue weighted by atomic mass is 35.5. The van der Waals surface area contributed by atoms with Crippen LogP contribution in [0, 0.1) is 6.92 Å². The standard InChI is InChI=1S/C17H15ClN2O2S/c1-11-20-14(10-23-11)13-4-2-12(3-5-13)8-9-19-17(21)15-6-7-16(18)22-15/h2-7,10H,8-9H2,1H3,(H,19,21). The number of nitrogens with one attached hydrogen (secondary N) is 1. The Hall–Kier alpha value is -2.11. The van der Waals surface area contributed by atoms with Gasteiger partial charge in [-0.3, -0.25) is 4.79 Å². The van der Waals surface area contributed by atoms with Crippen molar-refractivity contribution in [2.24, 2.45) is 0 Å². The Morgan fingerprint density at radius 3 is 2.65 bits per heavy atom. The monoisotopic (exact) mass is 346 g/mol. The molecule has 0 aliphatic heterocycles. The van der Waals surface area contributed by atoms with Gasteiger partial charge in [-0.05, 0) is 42.6 Å². The van der Waals surface area contributed by atoms with Gasteiger partial charge in [-0.15, -0.1) is 11.3 Å². The van der Waals surface area contributed by atoms with Crippen molar-refractivity contribution in [2.75, 3.05) is 6.54 Å². The number of rotatable bonds is 5. The molecule has 0 radical (unpaired) electrons. The smallest absolute Gasteiger partial charge is 0.287 e. The molecule has 0 aliphatic rings. The molecule has 0 saturated carbocycles. The second kappa shape index (κ2) is 6.98. The average Bonchev–Trinajstić information content (AvgIpc) is 3.16. The van der Waals surface area contributed by atoms with Crippen LogP contribution in [0.15, 0.2) is 46.2 Å². The van der Waals surface area contributed by atoms with E-state index in [4.69, 9.17) is 16.0 Å². The van der Waals surface area contributed by atoms with Crippen molar-refractivity contribution in [1.29, 1.82) is 0 Å². The Labute approximate surface area is 143 Å². The largest absolute Gasteiger partial charge is 0.440 e. The van der Waals surface area contributed by atoms with Crippen LogP contribution in [-0.2, 0) is 6.42 Å². The van der Waals surface area contributed by atoms with E-state index in [-0.39, 0.29) is 16.9 Å². The van der Waals surface area contributed by atoms with Crippen molar-refractivity contribution < 1.29 is 9.21 Å². The van der Waals surface area contributed by atoms with E-state index in [1.165, 1.54) is 0 Å². The van der Waals surface area contributed by atoms with E-state index < -0.39 is 0 Å². The molecule has 1 N–H and O–H groups in total. The number of carbonyl (C=O) groups is 1. The lowest BCUT2D eigenvalue weighted by Crippen LogP contribution is -2.25. The summed E-state index contributed by atoms with van der Waals surface area (Å²) in [6, 6.07) is 11.3. The minimum Gasteiger partial charge on any atom is -0.440 e. The zero-order valence-corrected chi connectivity index (χ0v) is 14.1. The lowest BCUT2D eigenvalue weighted by atomic mass is 10.1. The third kappa shape index (κ3) is 4.00. The van der Waals surface area contributed by atoms with Gasteiger partial charge in [0.1, 0.15) is 0 Å². The van der Waals surface area contributed by atoms with Gasteiger partial charge in [0.2, 0.25) is 0 Å². The number of amides is 1. The number of aromatic nitrogens is 1. The zero-order valence-electron chi connectivity index (χ0n) is 12.5. The summed E-state index contributed by atoms with van der Waals surface area (Å²) in [7, 11) is 0. The molecule has 0 bridgehead atoms. The predicted molar refractivity (Wildman–Crippen MR) is 92.0 cm³/mol. The molecule has 0 saturated heterocycles. The van der Waals surface area contributed by atoms with E-state index in [1.807, 2.05) is 6.92 Å². The van der Waals surface area contributed by atoms with E-state index in [0.717, 1.165) is 28.2 Å². The van der Waals surface area contributed by atoms with Crippen molar-refractivity contribution in [3.05, 3.63) is 63.3 Å². The van der Waals surface area contributed by atoms with Crippen LogP contribution in [0.5, 0.6) is 0 Å². The van der Waals surface area contributed by atoms with Crippen LogP contribution in [0.2, 0.25) is 5.22 Å². The van der Waals surface area contributed by atoms with Crippen LogP contribution in [0.1, 0.15) is 21.1 Å². The molecule has 0 atom stereocenters. The Bertz CT molecular complexity index is 808. The third-order valence-electron chi connectivity index (χ3n) is 3.36.